The summed E-state index contributed by atoms with van der Waals surface area (Å²) in [6.45, 7) is 1.91. The van der Waals surface area contributed by atoms with Crippen LogP contribution in [0.1, 0.15) is 5.56 Å². The van der Waals surface area contributed by atoms with Gasteiger partial charge in [0.2, 0.25) is 5.88 Å². The van der Waals surface area contributed by atoms with Gasteiger partial charge in [0, 0.05) is 22.8 Å². The molecule has 0 N–H and O–H groups in total. The maximum Gasteiger partial charge on any atom is 0.219 e. The van der Waals surface area contributed by atoms with Gasteiger partial charge in [-0.3, -0.25) is 0 Å². The first-order valence-corrected chi connectivity index (χ1v) is 6.88. The molecular weight excluding hydrogens is 388 g/mol. The number of hydrogen-bond acceptors (Lipinski definition) is 2. The van der Waals surface area contributed by atoms with Gasteiger partial charge in [-0.15, -0.1) is 0 Å². The van der Waals surface area contributed by atoms with Gasteiger partial charge in [0.15, 0.2) is 0 Å². The minimum atomic E-state index is -0.538. The summed E-state index contributed by atoms with van der Waals surface area (Å²) in [6.07, 6.45) is 1.63. The number of hydrogen-bond donors (Lipinski definition) is 0. The van der Waals surface area contributed by atoms with E-state index in [0.717, 1.165) is 10.0 Å². The second-order valence-electron chi connectivity index (χ2n) is 3.57. The molecule has 1 aromatic heterocycles. The average molecular weight is 395 g/mol. The van der Waals surface area contributed by atoms with Crippen LogP contribution >= 0.6 is 43.5 Å². The van der Waals surface area contributed by atoms with Gasteiger partial charge in [-0.05, 0) is 50.4 Å². The van der Waals surface area contributed by atoms with Crippen molar-refractivity contribution < 1.29 is 9.13 Å². The van der Waals surface area contributed by atoms with E-state index in [1.165, 1.54) is 12.1 Å². The highest BCUT2D eigenvalue weighted by Gasteiger charge is 2.10. The van der Waals surface area contributed by atoms with Crippen molar-refractivity contribution in [1.29, 1.82) is 0 Å². The van der Waals surface area contributed by atoms with E-state index >= 15 is 0 Å². The molecule has 0 fully saturated rings. The van der Waals surface area contributed by atoms with Crippen LogP contribution in [0.5, 0.6) is 11.6 Å². The molecule has 0 unspecified atom stereocenters. The van der Waals surface area contributed by atoms with Crippen LogP contribution in [0.25, 0.3) is 0 Å². The molecule has 2 nitrogen and oxygen atoms in total. The molecule has 0 bridgehead atoms. The number of nitrogens with zero attached hydrogens (tertiary/aromatic N) is 1. The fourth-order valence-electron chi connectivity index (χ4n) is 1.26. The van der Waals surface area contributed by atoms with Crippen molar-refractivity contribution in [2.24, 2.45) is 0 Å². The molecule has 1 aromatic carbocycles. The Morgan fingerprint density at radius 3 is 2.61 bits per heavy atom. The molecule has 0 saturated carbocycles. The van der Waals surface area contributed by atoms with Crippen molar-refractivity contribution in [3.05, 3.63) is 49.7 Å². The lowest BCUT2D eigenvalue weighted by Crippen LogP contribution is -1.91. The largest absolute Gasteiger partial charge is 0.438 e. The molecular formula is C12H7Br2ClFNO. The topological polar surface area (TPSA) is 22.1 Å². The molecule has 0 aliphatic carbocycles. The molecule has 18 heavy (non-hydrogen) atoms. The van der Waals surface area contributed by atoms with Crippen molar-refractivity contribution in [2.75, 3.05) is 0 Å². The standard InChI is InChI=1S/C12H7Br2ClFNO/c1-6-2-12(17-5-8(6)14)18-11-4-10(16)9(15)3-7(11)13/h2-5H,1H3. The molecule has 2 aromatic rings. The first kappa shape index (κ1) is 13.8. The first-order chi connectivity index (χ1) is 8.47. The quantitative estimate of drug-likeness (QED) is 0.627. The summed E-state index contributed by atoms with van der Waals surface area (Å²) in [6, 6.07) is 4.41. The molecule has 6 heteroatoms. The van der Waals surface area contributed by atoms with E-state index in [2.05, 4.69) is 36.8 Å². The Kier molecular flexibility index (Phi) is 4.25. The Morgan fingerprint density at radius 2 is 1.94 bits per heavy atom. The Bertz CT molecular complexity index is 607. The smallest absolute Gasteiger partial charge is 0.219 e. The molecule has 0 atom stereocenters. The van der Waals surface area contributed by atoms with Gasteiger partial charge in [-0.1, -0.05) is 11.6 Å². The molecule has 2 rings (SSSR count). The van der Waals surface area contributed by atoms with Crippen LogP contribution in [-0.2, 0) is 0 Å². The molecule has 94 valence electrons. The molecule has 0 amide bonds. The number of benzene rings is 1. The van der Waals surface area contributed by atoms with Crippen LogP contribution < -0.4 is 4.74 Å². The molecule has 0 aliphatic heterocycles. The van der Waals surface area contributed by atoms with Crippen molar-refractivity contribution in [1.82, 2.24) is 4.98 Å². The molecule has 0 spiro atoms. The molecule has 0 saturated heterocycles. The van der Waals surface area contributed by atoms with Gasteiger partial charge in [0.05, 0.1) is 9.50 Å². The predicted molar refractivity (Wildman–Crippen MR) is 75.9 cm³/mol. The third kappa shape index (κ3) is 3.02. The average Bonchev–Trinajstić information content (AvgIpc) is 2.31. The van der Waals surface area contributed by atoms with Crippen LogP contribution in [0.3, 0.4) is 0 Å². The monoisotopic (exact) mass is 393 g/mol. The number of rotatable bonds is 2. The van der Waals surface area contributed by atoms with Crippen LogP contribution in [0.15, 0.2) is 33.3 Å². The normalized spacial score (nSPS) is 10.5. The van der Waals surface area contributed by atoms with E-state index in [1.807, 2.05) is 6.92 Å². The highest BCUT2D eigenvalue weighted by Crippen LogP contribution is 2.33. The SMILES string of the molecule is Cc1cc(Oc2cc(F)c(Cl)cc2Br)ncc1Br. The Hall–Kier alpha value is -0.650. The summed E-state index contributed by atoms with van der Waals surface area (Å²) in [7, 11) is 0. The zero-order valence-corrected chi connectivity index (χ0v) is 13.1. The number of aryl methyl sites for hydroxylation is 1. The lowest BCUT2D eigenvalue weighted by molar-refractivity contribution is 0.454. The van der Waals surface area contributed by atoms with E-state index in [4.69, 9.17) is 16.3 Å². The lowest BCUT2D eigenvalue weighted by atomic mass is 10.3. The third-order valence-electron chi connectivity index (χ3n) is 2.21. The minimum Gasteiger partial charge on any atom is -0.438 e. The Morgan fingerprint density at radius 1 is 1.22 bits per heavy atom. The van der Waals surface area contributed by atoms with E-state index in [0.29, 0.717) is 16.1 Å². The van der Waals surface area contributed by atoms with E-state index in [1.54, 1.807) is 12.3 Å². The number of halogens is 4. The summed E-state index contributed by atoms with van der Waals surface area (Å²) in [5.74, 6) is 0.174. The van der Waals surface area contributed by atoms with E-state index in [9.17, 15) is 4.39 Å². The van der Waals surface area contributed by atoms with E-state index in [-0.39, 0.29) is 5.02 Å². The summed E-state index contributed by atoms with van der Waals surface area (Å²) in [5.41, 5.74) is 0.977. The van der Waals surface area contributed by atoms with E-state index < -0.39 is 5.82 Å². The van der Waals surface area contributed by atoms with Crippen LogP contribution in [0.2, 0.25) is 5.02 Å². The number of ether oxygens (including phenoxy) is 1. The summed E-state index contributed by atoms with van der Waals surface area (Å²) >= 11 is 12.3. The van der Waals surface area contributed by atoms with Crippen molar-refractivity contribution in [3.63, 3.8) is 0 Å². The zero-order chi connectivity index (χ0) is 13.3. The van der Waals surface area contributed by atoms with Gasteiger partial charge < -0.3 is 4.74 Å². The van der Waals surface area contributed by atoms with Crippen molar-refractivity contribution in [2.45, 2.75) is 6.92 Å². The highest BCUT2D eigenvalue weighted by atomic mass is 79.9. The zero-order valence-electron chi connectivity index (χ0n) is 9.18. The number of aromatic nitrogens is 1. The third-order valence-corrected chi connectivity index (χ3v) is 3.95. The summed E-state index contributed by atoms with van der Waals surface area (Å²) < 4.78 is 20.3. The first-order valence-electron chi connectivity index (χ1n) is 4.92. The lowest BCUT2D eigenvalue weighted by Gasteiger charge is -2.08. The van der Waals surface area contributed by atoms with Crippen molar-refractivity contribution >= 4 is 43.5 Å². The predicted octanol–water partition coefficient (Wildman–Crippen LogP) is 5.50. The van der Waals surface area contributed by atoms with Gasteiger partial charge in [-0.2, -0.15) is 0 Å². The summed E-state index contributed by atoms with van der Waals surface area (Å²) in [4.78, 5) is 4.08. The molecule has 0 aliphatic rings. The van der Waals surface area contributed by atoms with Crippen LogP contribution in [0, 0.1) is 12.7 Å². The van der Waals surface area contributed by atoms with Gasteiger partial charge in [0.25, 0.3) is 0 Å². The highest BCUT2D eigenvalue weighted by molar-refractivity contribution is 9.10. The molecule has 0 radical (unpaired) electrons. The maximum atomic E-state index is 13.3. The van der Waals surface area contributed by atoms with Gasteiger partial charge in [-0.25, -0.2) is 9.37 Å². The van der Waals surface area contributed by atoms with Gasteiger partial charge >= 0.3 is 0 Å². The van der Waals surface area contributed by atoms with Crippen LogP contribution in [-0.4, -0.2) is 4.98 Å². The van der Waals surface area contributed by atoms with Crippen LogP contribution in [0.4, 0.5) is 4.39 Å². The fraction of sp³-hybridized carbons (Fsp3) is 0.0833. The fourth-order valence-corrected chi connectivity index (χ4v) is 2.20. The number of pyridine rings is 1. The minimum absolute atomic E-state index is 0.0363. The Labute approximate surface area is 125 Å². The second-order valence-corrected chi connectivity index (χ2v) is 5.69. The maximum absolute atomic E-state index is 13.3. The Balaban J connectivity index is 2.34. The molecule has 1 heterocycles. The van der Waals surface area contributed by atoms with Crippen molar-refractivity contribution in [3.8, 4) is 11.6 Å². The van der Waals surface area contributed by atoms with Gasteiger partial charge in [0.1, 0.15) is 11.6 Å². The summed E-state index contributed by atoms with van der Waals surface area (Å²) in [5, 5.41) is 0.0363. The second kappa shape index (κ2) is 5.55.